The first-order valence-corrected chi connectivity index (χ1v) is 4.99. The van der Waals surface area contributed by atoms with Gasteiger partial charge < -0.3 is 15.2 Å². The van der Waals surface area contributed by atoms with Gasteiger partial charge in [0.1, 0.15) is 0 Å². The SMILES string of the molecule is COC(=O)C1=C(N)OC(c2ccccc2)C1=O. The Bertz CT molecular complexity index is 492. The molecule has 5 heteroatoms. The number of esters is 1. The summed E-state index contributed by atoms with van der Waals surface area (Å²) in [5, 5.41) is 0. The lowest BCUT2D eigenvalue weighted by Gasteiger charge is -2.09. The van der Waals surface area contributed by atoms with Crippen LogP contribution in [0.25, 0.3) is 0 Å². The van der Waals surface area contributed by atoms with Gasteiger partial charge in [-0.3, -0.25) is 4.79 Å². The molecule has 1 aromatic rings. The molecule has 0 aliphatic carbocycles. The number of benzene rings is 1. The van der Waals surface area contributed by atoms with Crippen molar-refractivity contribution in [3.8, 4) is 0 Å². The first-order valence-electron chi connectivity index (χ1n) is 4.99. The molecule has 1 aromatic carbocycles. The molecule has 1 atom stereocenters. The molecule has 0 saturated carbocycles. The van der Waals surface area contributed by atoms with E-state index in [1.165, 1.54) is 7.11 Å². The van der Waals surface area contributed by atoms with E-state index in [1.54, 1.807) is 24.3 Å². The van der Waals surface area contributed by atoms with Gasteiger partial charge in [-0.15, -0.1) is 0 Å². The second-order valence-electron chi connectivity index (χ2n) is 3.50. The van der Waals surface area contributed by atoms with Crippen molar-refractivity contribution in [2.45, 2.75) is 6.10 Å². The van der Waals surface area contributed by atoms with Crippen LogP contribution in [0.3, 0.4) is 0 Å². The predicted molar refractivity (Wildman–Crippen MR) is 58.5 cm³/mol. The third kappa shape index (κ3) is 1.87. The van der Waals surface area contributed by atoms with Gasteiger partial charge in [-0.05, 0) is 0 Å². The van der Waals surface area contributed by atoms with E-state index in [9.17, 15) is 9.59 Å². The summed E-state index contributed by atoms with van der Waals surface area (Å²) in [5.41, 5.74) is 5.94. The lowest BCUT2D eigenvalue weighted by atomic mass is 10.0. The minimum Gasteiger partial charge on any atom is -0.465 e. The fourth-order valence-corrected chi connectivity index (χ4v) is 1.64. The van der Waals surface area contributed by atoms with Crippen molar-refractivity contribution in [1.29, 1.82) is 0 Å². The van der Waals surface area contributed by atoms with Crippen LogP contribution in [0.5, 0.6) is 0 Å². The minimum absolute atomic E-state index is 0.185. The number of methoxy groups -OCH3 is 1. The Kier molecular flexibility index (Phi) is 2.82. The highest BCUT2D eigenvalue weighted by Crippen LogP contribution is 2.31. The third-order valence-corrected chi connectivity index (χ3v) is 2.47. The summed E-state index contributed by atoms with van der Waals surface area (Å²) in [6.07, 6.45) is -0.856. The minimum atomic E-state index is -0.856. The van der Waals surface area contributed by atoms with Gasteiger partial charge in [0.2, 0.25) is 11.7 Å². The Hall–Kier alpha value is -2.30. The summed E-state index contributed by atoms with van der Waals surface area (Å²) in [6, 6.07) is 8.84. The third-order valence-electron chi connectivity index (χ3n) is 2.47. The molecular formula is C12H11NO4. The number of ketones is 1. The van der Waals surface area contributed by atoms with E-state index in [-0.39, 0.29) is 11.5 Å². The van der Waals surface area contributed by atoms with E-state index in [2.05, 4.69) is 4.74 Å². The summed E-state index contributed by atoms with van der Waals surface area (Å²) in [4.78, 5) is 23.3. The maximum atomic E-state index is 12.0. The molecule has 2 N–H and O–H groups in total. The second kappa shape index (κ2) is 4.29. The van der Waals surface area contributed by atoms with Crippen LogP contribution in [-0.4, -0.2) is 18.9 Å². The standard InChI is InChI=1S/C12H11NO4/c1-16-12(15)8-9(14)10(17-11(8)13)7-5-3-2-4-6-7/h2-6,10H,13H2,1H3. The van der Waals surface area contributed by atoms with Crippen molar-refractivity contribution in [3.63, 3.8) is 0 Å². The largest absolute Gasteiger partial charge is 0.465 e. The summed E-state index contributed by atoms with van der Waals surface area (Å²) in [7, 11) is 1.19. The molecule has 1 aliphatic rings. The quantitative estimate of drug-likeness (QED) is 0.600. The average Bonchev–Trinajstić information content (AvgIpc) is 2.65. The Morgan fingerprint density at radius 3 is 2.59 bits per heavy atom. The van der Waals surface area contributed by atoms with E-state index in [0.717, 1.165) is 0 Å². The lowest BCUT2D eigenvalue weighted by Crippen LogP contribution is -2.16. The van der Waals surface area contributed by atoms with Crippen LogP contribution < -0.4 is 5.73 Å². The summed E-state index contributed by atoms with van der Waals surface area (Å²) < 4.78 is 9.68. The molecule has 1 unspecified atom stereocenters. The van der Waals surface area contributed by atoms with Gasteiger partial charge in [0, 0.05) is 5.56 Å². The normalized spacial score (nSPS) is 19.1. The number of rotatable bonds is 2. The van der Waals surface area contributed by atoms with Gasteiger partial charge >= 0.3 is 5.97 Å². The van der Waals surface area contributed by atoms with Gasteiger partial charge in [-0.25, -0.2) is 4.79 Å². The zero-order valence-electron chi connectivity index (χ0n) is 9.17. The monoisotopic (exact) mass is 233 g/mol. The van der Waals surface area contributed by atoms with Crippen LogP contribution >= 0.6 is 0 Å². The van der Waals surface area contributed by atoms with E-state index < -0.39 is 17.9 Å². The van der Waals surface area contributed by atoms with Crippen LogP contribution in [0.1, 0.15) is 11.7 Å². The highest BCUT2D eigenvalue weighted by Gasteiger charge is 2.39. The zero-order chi connectivity index (χ0) is 12.4. The second-order valence-corrected chi connectivity index (χ2v) is 3.50. The molecule has 5 nitrogen and oxygen atoms in total. The van der Waals surface area contributed by atoms with Gasteiger partial charge in [0.05, 0.1) is 7.11 Å². The Morgan fingerprint density at radius 2 is 2.00 bits per heavy atom. The molecule has 17 heavy (non-hydrogen) atoms. The van der Waals surface area contributed by atoms with Crippen LogP contribution in [0.2, 0.25) is 0 Å². The molecule has 0 fully saturated rings. The number of Topliss-reactive ketones (excluding diaryl/α,β-unsaturated/α-hetero) is 1. The number of hydrogen-bond donors (Lipinski definition) is 1. The van der Waals surface area contributed by atoms with E-state index in [4.69, 9.17) is 10.5 Å². The van der Waals surface area contributed by atoms with Crippen LogP contribution in [0, 0.1) is 0 Å². The van der Waals surface area contributed by atoms with Crippen molar-refractivity contribution < 1.29 is 19.1 Å². The zero-order valence-corrected chi connectivity index (χ0v) is 9.17. The predicted octanol–water partition coefficient (Wildman–Crippen LogP) is 0.670. The molecule has 0 spiro atoms. The number of carbonyl (C=O) groups excluding carboxylic acids is 2. The van der Waals surface area contributed by atoms with Gasteiger partial charge in [-0.1, -0.05) is 30.3 Å². The number of nitrogens with two attached hydrogens (primary N) is 1. The van der Waals surface area contributed by atoms with Crippen LogP contribution in [0.15, 0.2) is 41.8 Å². The van der Waals surface area contributed by atoms with Gasteiger partial charge in [0.25, 0.3) is 0 Å². The summed E-state index contributed by atoms with van der Waals surface area (Å²) >= 11 is 0. The smallest absolute Gasteiger partial charge is 0.347 e. The molecule has 0 radical (unpaired) electrons. The van der Waals surface area contributed by atoms with Gasteiger partial charge in [-0.2, -0.15) is 0 Å². The molecule has 0 saturated heterocycles. The Labute approximate surface area is 97.8 Å². The van der Waals surface area contributed by atoms with Crippen LogP contribution in [-0.2, 0) is 19.1 Å². The highest BCUT2D eigenvalue weighted by molar-refractivity contribution is 6.20. The molecule has 0 bridgehead atoms. The molecule has 2 rings (SSSR count). The number of carbonyl (C=O) groups is 2. The molecule has 1 heterocycles. The molecule has 88 valence electrons. The Balaban J connectivity index is 2.30. The van der Waals surface area contributed by atoms with E-state index in [0.29, 0.717) is 5.56 Å². The molecule has 1 aliphatic heterocycles. The van der Waals surface area contributed by atoms with E-state index in [1.807, 2.05) is 6.07 Å². The van der Waals surface area contributed by atoms with Crippen molar-refractivity contribution in [2.75, 3.05) is 7.11 Å². The summed E-state index contributed by atoms with van der Waals surface area (Å²) in [6.45, 7) is 0. The summed E-state index contributed by atoms with van der Waals surface area (Å²) in [5.74, 6) is -1.43. The maximum Gasteiger partial charge on any atom is 0.347 e. The number of ether oxygens (including phenoxy) is 2. The number of hydrogen-bond acceptors (Lipinski definition) is 5. The molecule has 0 amide bonds. The maximum absolute atomic E-state index is 12.0. The van der Waals surface area contributed by atoms with E-state index >= 15 is 0 Å². The average molecular weight is 233 g/mol. The van der Waals surface area contributed by atoms with Crippen molar-refractivity contribution in [3.05, 3.63) is 47.4 Å². The van der Waals surface area contributed by atoms with Crippen molar-refractivity contribution in [2.24, 2.45) is 5.73 Å². The fourth-order valence-electron chi connectivity index (χ4n) is 1.64. The Morgan fingerprint density at radius 1 is 1.35 bits per heavy atom. The first-order chi connectivity index (χ1) is 8.15. The fraction of sp³-hybridized carbons (Fsp3) is 0.167. The molecule has 0 aromatic heterocycles. The van der Waals surface area contributed by atoms with Crippen molar-refractivity contribution >= 4 is 11.8 Å². The van der Waals surface area contributed by atoms with Crippen molar-refractivity contribution in [1.82, 2.24) is 0 Å². The first kappa shape index (κ1) is 11.2. The van der Waals surface area contributed by atoms with Gasteiger partial charge in [0.15, 0.2) is 11.7 Å². The topological polar surface area (TPSA) is 78.6 Å². The lowest BCUT2D eigenvalue weighted by molar-refractivity contribution is -0.138. The van der Waals surface area contributed by atoms with Crippen LogP contribution in [0.4, 0.5) is 0 Å². The molecular weight excluding hydrogens is 222 g/mol. The highest BCUT2D eigenvalue weighted by atomic mass is 16.5.